The van der Waals surface area contributed by atoms with E-state index < -0.39 is 0 Å². The van der Waals surface area contributed by atoms with Gasteiger partial charge in [-0.15, -0.1) is 0 Å². The fourth-order valence-electron chi connectivity index (χ4n) is 1.56. The molecule has 1 aromatic carbocycles. The second-order valence-electron chi connectivity index (χ2n) is 4.45. The van der Waals surface area contributed by atoms with E-state index in [1.54, 1.807) is 24.3 Å². The van der Waals surface area contributed by atoms with Gasteiger partial charge < -0.3 is 30.4 Å². The average molecular weight is 312 g/mol. The summed E-state index contributed by atoms with van der Waals surface area (Å²) in [7, 11) is 0. The summed E-state index contributed by atoms with van der Waals surface area (Å²) in [5.74, 6) is 0.370. The lowest BCUT2D eigenvalue weighted by Crippen LogP contribution is -2.31. The van der Waals surface area contributed by atoms with Crippen molar-refractivity contribution in [1.29, 1.82) is 0 Å². The number of carbonyl (C=O) groups excluding carboxylic acids is 1. The number of aliphatic hydroxyl groups is 1. The van der Waals surface area contributed by atoms with E-state index >= 15 is 0 Å². The molecule has 124 valence electrons. The minimum absolute atomic E-state index is 0.0158. The second-order valence-corrected chi connectivity index (χ2v) is 4.45. The number of aliphatic hydroxyl groups excluding tert-OH is 1. The zero-order chi connectivity index (χ0) is 16.0. The lowest BCUT2D eigenvalue weighted by atomic mass is 10.2. The lowest BCUT2D eigenvalue weighted by molar-refractivity contribution is -0.123. The average Bonchev–Trinajstić information content (AvgIpc) is 2.56. The minimum Gasteiger partial charge on any atom is -0.484 e. The maximum Gasteiger partial charge on any atom is 0.258 e. The van der Waals surface area contributed by atoms with E-state index in [2.05, 4.69) is 5.32 Å². The zero-order valence-corrected chi connectivity index (χ0v) is 12.6. The molecule has 0 aliphatic carbocycles. The van der Waals surface area contributed by atoms with Crippen molar-refractivity contribution in [3.05, 3.63) is 29.8 Å². The molecule has 1 rings (SSSR count). The van der Waals surface area contributed by atoms with Crippen LogP contribution < -0.4 is 15.8 Å². The predicted octanol–water partition coefficient (Wildman–Crippen LogP) is -0.334. The molecule has 0 saturated heterocycles. The van der Waals surface area contributed by atoms with Crippen LogP contribution in [0.15, 0.2) is 24.3 Å². The van der Waals surface area contributed by atoms with E-state index in [0.29, 0.717) is 45.3 Å². The van der Waals surface area contributed by atoms with Gasteiger partial charge in [-0.25, -0.2) is 0 Å². The summed E-state index contributed by atoms with van der Waals surface area (Å²) in [4.78, 5) is 11.5. The monoisotopic (exact) mass is 312 g/mol. The van der Waals surface area contributed by atoms with E-state index in [1.165, 1.54) is 0 Å². The van der Waals surface area contributed by atoms with Gasteiger partial charge in [0, 0.05) is 13.1 Å². The summed E-state index contributed by atoms with van der Waals surface area (Å²) in [5, 5.41) is 11.6. The molecule has 4 N–H and O–H groups in total. The van der Waals surface area contributed by atoms with Crippen molar-refractivity contribution in [2.75, 3.05) is 46.1 Å². The first-order valence-corrected chi connectivity index (χ1v) is 7.21. The fourth-order valence-corrected chi connectivity index (χ4v) is 1.56. The molecule has 0 radical (unpaired) electrons. The smallest absolute Gasteiger partial charge is 0.258 e. The molecule has 7 nitrogen and oxygen atoms in total. The normalized spacial score (nSPS) is 10.5. The Morgan fingerprint density at radius 3 is 2.41 bits per heavy atom. The van der Waals surface area contributed by atoms with Crippen molar-refractivity contribution in [3.63, 3.8) is 0 Å². The lowest BCUT2D eigenvalue weighted by Gasteiger charge is -2.08. The summed E-state index contributed by atoms with van der Waals surface area (Å²) in [6.07, 6.45) is 0. The van der Waals surface area contributed by atoms with Crippen molar-refractivity contribution in [2.45, 2.75) is 6.61 Å². The van der Waals surface area contributed by atoms with Crippen LogP contribution in [0, 0.1) is 0 Å². The van der Waals surface area contributed by atoms with Gasteiger partial charge >= 0.3 is 0 Å². The van der Waals surface area contributed by atoms with Crippen LogP contribution >= 0.6 is 0 Å². The van der Waals surface area contributed by atoms with Crippen LogP contribution in [-0.4, -0.2) is 57.1 Å². The Labute approximate surface area is 130 Å². The molecule has 0 saturated carbocycles. The summed E-state index contributed by atoms with van der Waals surface area (Å²) in [5.41, 5.74) is 6.07. The van der Waals surface area contributed by atoms with Crippen molar-refractivity contribution in [2.24, 2.45) is 5.73 Å². The number of carbonyl (C=O) groups is 1. The molecule has 1 aromatic rings. The van der Waals surface area contributed by atoms with Crippen molar-refractivity contribution < 1.29 is 24.1 Å². The maximum absolute atomic E-state index is 11.5. The molecule has 0 unspecified atom stereocenters. The predicted molar refractivity (Wildman–Crippen MR) is 81.6 cm³/mol. The molecule has 0 aliphatic rings. The van der Waals surface area contributed by atoms with E-state index in [9.17, 15) is 4.79 Å². The van der Waals surface area contributed by atoms with Crippen LogP contribution in [0.25, 0.3) is 0 Å². The van der Waals surface area contributed by atoms with Crippen LogP contribution in [0.4, 0.5) is 0 Å². The topological polar surface area (TPSA) is 103 Å². The van der Waals surface area contributed by atoms with E-state index in [1.807, 2.05) is 0 Å². The molecule has 0 aromatic heterocycles. The summed E-state index contributed by atoms with van der Waals surface area (Å²) < 4.78 is 15.7. The molecule has 0 fully saturated rings. The Morgan fingerprint density at radius 2 is 1.77 bits per heavy atom. The van der Waals surface area contributed by atoms with Gasteiger partial charge in [0.15, 0.2) is 6.61 Å². The maximum atomic E-state index is 11.5. The highest BCUT2D eigenvalue weighted by Crippen LogP contribution is 2.11. The number of benzene rings is 1. The third-order valence-electron chi connectivity index (χ3n) is 2.68. The summed E-state index contributed by atoms with van der Waals surface area (Å²) in [6.45, 7) is 2.76. The Morgan fingerprint density at radius 1 is 1.09 bits per heavy atom. The molecule has 22 heavy (non-hydrogen) atoms. The molecule has 0 spiro atoms. The van der Waals surface area contributed by atoms with Crippen molar-refractivity contribution in [1.82, 2.24) is 5.32 Å². The van der Waals surface area contributed by atoms with E-state index in [4.69, 9.17) is 25.1 Å². The van der Waals surface area contributed by atoms with Crippen LogP contribution in [-0.2, 0) is 20.9 Å². The number of amides is 1. The van der Waals surface area contributed by atoms with E-state index in [-0.39, 0.29) is 19.1 Å². The van der Waals surface area contributed by atoms with Crippen molar-refractivity contribution >= 4 is 5.91 Å². The third kappa shape index (κ3) is 8.58. The highest BCUT2D eigenvalue weighted by Gasteiger charge is 2.02. The summed E-state index contributed by atoms with van der Waals surface area (Å²) >= 11 is 0. The number of hydrogen-bond donors (Lipinski definition) is 3. The van der Waals surface area contributed by atoms with Gasteiger partial charge in [-0.1, -0.05) is 12.1 Å². The highest BCUT2D eigenvalue weighted by atomic mass is 16.5. The Balaban J connectivity index is 2.01. The third-order valence-corrected chi connectivity index (χ3v) is 2.68. The molecule has 0 atom stereocenters. The van der Waals surface area contributed by atoms with Gasteiger partial charge in [0.25, 0.3) is 5.91 Å². The van der Waals surface area contributed by atoms with Crippen LogP contribution in [0.5, 0.6) is 5.75 Å². The Hall–Kier alpha value is -1.67. The number of nitrogens with two attached hydrogens (primary N) is 1. The fraction of sp³-hybridized carbons (Fsp3) is 0.533. The van der Waals surface area contributed by atoms with E-state index in [0.717, 1.165) is 5.56 Å². The SMILES string of the molecule is NCCOCCOCCNC(=O)COc1ccc(CO)cc1. The first kappa shape index (κ1) is 18.4. The van der Waals surface area contributed by atoms with Gasteiger partial charge in [0.1, 0.15) is 5.75 Å². The molecular weight excluding hydrogens is 288 g/mol. The molecule has 1 amide bonds. The first-order valence-electron chi connectivity index (χ1n) is 7.21. The molecule has 0 aliphatic heterocycles. The summed E-state index contributed by atoms with van der Waals surface area (Å²) in [6, 6.07) is 6.91. The quantitative estimate of drug-likeness (QED) is 0.457. The van der Waals surface area contributed by atoms with Gasteiger partial charge in [0.05, 0.1) is 33.0 Å². The van der Waals surface area contributed by atoms with Crippen LogP contribution in [0.3, 0.4) is 0 Å². The first-order chi connectivity index (χ1) is 10.8. The molecule has 7 heteroatoms. The van der Waals surface area contributed by atoms with Crippen molar-refractivity contribution in [3.8, 4) is 5.75 Å². The van der Waals surface area contributed by atoms with Crippen LogP contribution in [0.1, 0.15) is 5.56 Å². The minimum atomic E-state index is -0.214. The largest absolute Gasteiger partial charge is 0.484 e. The van der Waals surface area contributed by atoms with Gasteiger partial charge in [-0.05, 0) is 17.7 Å². The highest BCUT2D eigenvalue weighted by molar-refractivity contribution is 5.77. The zero-order valence-electron chi connectivity index (χ0n) is 12.6. The van der Waals surface area contributed by atoms with Crippen LogP contribution in [0.2, 0.25) is 0 Å². The Kier molecular flexibility index (Phi) is 9.97. The number of hydrogen-bond acceptors (Lipinski definition) is 6. The number of nitrogens with one attached hydrogen (secondary N) is 1. The standard InChI is InChI=1S/C15H24N2O5/c16-5-7-20-9-10-21-8-6-17-15(19)12-22-14-3-1-13(11-18)2-4-14/h1-4,18H,5-12,16H2,(H,17,19). The second kappa shape index (κ2) is 11.9. The number of rotatable bonds is 12. The van der Waals surface area contributed by atoms with Gasteiger partial charge in [-0.2, -0.15) is 0 Å². The molecule has 0 heterocycles. The molecular formula is C15H24N2O5. The number of ether oxygens (including phenoxy) is 3. The molecule has 0 bridgehead atoms. The van der Waals surface area contributed by atoms with Gasteiger partial charge in [0.2, 0.25) is 0 Å². The van der Waals surface area contributed by atoms with Gasteiger partial charge in [-0.3, -0.25) is 4.79 Å². The Bertz CT molecular complexity index is 411.